The van der Waals surface area contributed by atoms with E-state index in [4.69, 9.17) is 5.10 Å². The molecule has 0 atom stereocenters. The summed E-state index contributed by atoms with van der Waals surface area (Å²) in [5, 5.41) is 5.23. The number of benzene rings is 4. The van der Waals surface area contributed by atoms with E-state index < -0.39 is 0 Å². The quantitative estimate of drug-likeness (QED) is 0.284. The second-order valence-corrected chi connectivity index (χ2v) is 10.5. The molecule has 0 spiro atoms. The topological polar surface area (TPSA) is 17.8 Å². The van der Waals surface area contributed by atoms with Crippen molar-refractivity contribution in [2.75, 3.05) is 0 Å². The summed E-state index contributed by atoms with van der Waals surface area (Å²) in [5.74, 6) is 0. The van der Waals surface area contributed by atoms with E-state index in [-0.39, 0.29) is 15.0 Å². The van der Waals surface area contributed by atoms with E-state index in [0.29, 0.717) is 0 Å². The van der Waals surface area contributed by atoms with Crippen molar-refractivity contribution in [3.8, 4) is 28.2 Å². The zero-order chi connectivity index (χ0) is 22.8. The van der Waals surface area contributed by atoms with Gasteiger partial charge in [-0.3, -0.25) is 0 Å². The van der Waals surface area contributed by atoms with E-state index in [0.717, 1.165) is 16.9 Å². The Kier molecular flexibility index (Phi) is 6.00. The summed E-state index contributed by atoms with van der Waals surface area (Å²) < 4.78 is 4.89. The molecule has 0 unspecified atom stereocenters. The maximum absolute atomic E-state index is 5.23. The SMILES string of the molecule is Cc1cc(C)c([Se]c2c(-c3ccccc3)nn(-c3ccccc3)c2-c2ccccc2)c(C)c1. The molecule has 0 aliphatic carbocycles. The Morgan fingerprint density at radius 1 is 0.606 bits per heavy atom. The molecule has 1 heterocycles. The van der Waals surface area contributed by atoms with Crippen molar-refractivity contribution in [1.82, 2.24) is 9.78 Å². The second kappa shape index (κ2) is 9.23. The Hall–Kier alpha value is -3.39. The fraction of sp³-hybridized carbons (Fsp3) is 0.100. The average molecular weight is 494 g/mol. The van der Waals surface area contributed by atoms with Gasteiger partial charge in [0.2, 0.25) is 0 Å². The van der Waals surface area contributed by atoms with Gasteiger partial charge >= 0.3 is 202 Å². The van der Waals surface area contributed by atoms with Gasteiger partial charge in [0.1, 0.15) is 0 Å². The summed E-state index contributed by atoms with van der Waals surface area (Å²) in [6.45, 7) is 6.65. The fourth-order valence-corrected chi connectivity index (χ4v) is 6.84. The van der Waals surface area contributed by atoms with Crippen LogP contribution >= 0.6 is 0 Å². The standard InChI is InChI=1S/C30H26N2Se/c1-21-19-22(2)29(23(3)20-21)33-30-27(24-13-7-4-8-14-24)31-32(26-17-11-6-12-18-26)28(30)25-15-9-5-10-16-25/h4-20H,1-3H3. The van der Waals surface area contributed by atoms with E-state index in [1.807, 2.05) is 0 Å². The zero-order valence-corrected chi connectivity index (χ0v) is 20.8. The van der Waals surface area contributed by atoms with Crippen molar-refractivity contribution >= 4 is 23.9 Å². The van der Waals surface area contributed by atoms with Gasteiger partial charge in [0.15, 0.2) is 0 Å². The Morgan fingerprint density at radius 3 is 1.70 bits per heavy atom. The third kappa shape index (κ3) is 4.30. The number of rotatable bonds is 5. The molecule has 0 bridgehead atoms. The normalized spacial score (nSPS) is 11.0. The van der Waals surface area contributed by atoms with Crippen LogP contribution in [0.25, 0.3) is 28.2 Å². The first kappa shape index (κ1) is 21.5. The van der Waals surface area contributed by atoms with Gasteiger partial charge in [-0.25, -0.2) is 0 Å². The van der Waals surface area contributed by atoms with E-state index >= 15 is 0 Å². The molecule has 0 aliphatic rings. The number of para-hydroxylation sites is 1. The van der Waals surface area contributed by atoms with Crippen LogP contribution in [0.2, 0.25) is 0 Å². The molecule has 0 saturated carbocycles. The monoisotopic (exact) mass is 494 g/mol. The minimum atomic E-state index is 0.0885. The third-order valence-electron chi connectivity index (χ3n) is 5.75. The summed E-state index contributed by atoms with van der Waals surface area (Å²) in [5.41, 5.74) is 9.71. The van der Waals surface area contributed by atoms with Crippen molar-refractivity contribution < 1.29 is 0 Å². The Labute approximate surface area is 202 Å². The van der Waals surface area contributed by atoms with Gasteiger partial charge in [0.05, 0.1) is 0 Å². The van der Waals surface area contributed by atoms with Gasteiger partial charge < -0.3 is 0 Å². The van der Waals surface area contributed by atoms with Crippen LogP contribution in [0.4, 0.5) is 0 Å². The van der Waals surface area contributed by atoms with E-state index in [1.165, 1.54) is 36.9 Å². The molecule has 0 N–H and O–H groups in total. The first-order valence-corrected chi connectivity index (χ1v) is 12.9. The molecule has 0 radical (unpaired) electrons. The molecule has 2 nitrogen and oxygen atoms in total. The number of nitrogens with zero attached hydrogens (tertiary/aromatic N) is 2. The van der Waals surface area contributed by atoms with Crippen molar-refractivity contribution in [3.05, 3.63) is 120 Å². The van der Waals surface area contributed by atoms with E-state index in [1.54, 1.807) is 0 Å². The van der Waals surface area contributed by atoms with Crippen LogP contribution in [0.1, 0.15) is 16.7 Å². The van der Waals surface area contributed by atoms with Gasteiger partial charge in [0.25, 0.3) is 0 Å². The third-order valence-corrected chi connectivity index (χ3v) is 8.76. The molecule has 4 aromatic carbocycles. The summed E-state index contributed by atoms with van der Waals surface area (Å²) in [6.07, 6.45) is 0. The Bertz CT molecular complexity index is 1360. The number of aryl methyl sites for hydroxylation is 3. The molecule has 5 aromatic rings. The predicted molar refractivity (Wildman–Crippen MR) is 140 cm³/mol. The fourth-order valence-electron chi connectivity index (χ4n) is 4.32. The van der Waals surface area contributed by atoms with Gasteiger partial charge in [-0.05, 0) is 0 Å². The van der Waals surface area contributed by atoms with Gasteiger partial charge in [0, 0.05) is 0 Å². The van der Waals surface area contributed by atoms with Crippen LogP contribution in [0.15, 0.2) is 103 Å². The van der Waals surface area contributed by atoms with Crippen LogP contribution in [-0.2, 0) is 0 Å². The Balaban J connectivity index is 1.82. The molecule has 1 aromatic heterocycles. The summed E-state index contributed by atoms with van der Waals surface area (Å²) in [4.78, 5) is 0. The molecule has 0 amide bonds. The first-order chi connectivity index (χ1) is 16.1. The molecule has 3 heteroatoms. The molecule has 0 saturated heterocycles. The van der Waals surface area contributed by atoms with Crippen molar-refractivity contribution in [1.29, 1.82) is 0 Å². The van der Waals surface area contributed by atoms with Crippen LogP contribution in [-0.4, -0.2) is 24.7 Å². The van der Waals surface area contributed by atoms with Crippen LogP contribution in [0, 0.1) is 20.8 Å². The molecule has 5 rings (SSSR count). The molecular weight excluding hydrogens is 467 g/mol. The summed E-state index contributed by atoms with van der Waals surface area (Å²) >= 11 is 0.0885. The number of hydrogen-bond acceptors (Lipinski definition) is 1. The summed E-state index contributed by atoms with van der Waals surface area (Å²) in [7, 11) is 0. The number of aromatic nitrogens is 2. The molecule has 162 valence electrons. The Morgan fingerprint density at radius 2 is 1.12 bits per heavy atom. The average Bonchev–Trinajstić information content (AvgIpc) is 3.22. The van der Waals surface area contributed by atoms with Crippen LogP contribution < -0.4 is 8.92 Å². The van der Waals surface area contributed by atoms with Gasteiger partial charge in [-0.1, -0.05) is 0 Å². The van der Waals surface area contributed by atoms with Crippen LogP contribution in [0.3, 0.4) is 0 Å². The van der Waals surface area contributed by atoms with Gasteiger partial charge in [-0.15, -0.1) is 0 Å². The first-order valence-electron chi connectivity index (χ1n) is 11.2. The van der Waals surface area contributed by atoms with Crippen molar-refractivity contribution in [3.63, 3.8) is 0 Å². The minimum absolute atomic E-state index is 0.0885. The molecule has 0 aliphatic heterocycles. The van der Waals surface area contributed by atoms with Crippen LogP contribution in [0.5, 0.6) is 0 Å². The predicted octanol–water partition coefficient (Wildman–Crippen LogP) is 5.79. The summed E-state index contributed by atoms with van der Waals surface area (Å²) in [6, 6.07) is 36.3. The maximum atomic E-state index is 5.23. The van der Waals surface area contributed by atoms with Gasteiger partial charge in [-0.2, -0.15) is 0 Å². The molecule has 0 fully saturated rings. The second-order valence-electron chi connectivity index (χ2n) is 8.34. The zero-order valence-electron chi connectivity index (χ0n) is 19.1. The number of hydrogen-bond donors (Lipinski definition) is 0. The molecule has 33 heavy (non-hydrogen) atoms. The molecular formula is C30H26N2Se. The van der Waals surface area contributed by atoms with Crippen molar-refractivity contribution in [2.24, 2.45) is 0 Å². The van der Waals surface area contributed by atoms with E-state index in [2.05, 4.69) is 129 Å². The van der Waals surface area contributed by atoms with Crippen molar-refractivity contribution in [2.45, 2.75) is 20.8 Å². The van der Waals surface area contributed by atoms with E-state index in [9.17, 15) is 0 Å².